The largest absolute Gasteiger partial charge is 0.480 e. The lowest BCUT2D eigenvalue weighted by molar-refractivity contribution is 0.438. The second-order valence-corrected chi connectivity index (χ2v) is 3.53. The molecular formula is C12H10ClN3O. The molecule has 0 radical (unpaired) electrons. The maximum Gasteiger partial charge on any atom is 0.292 e. The summed E-state index contributed by atoms with van der Waals surface area (Å²) in [5.74, 6) is 0. The Hall–Kier alpha value is -2.07. The number of aromatic nitrogens is 3. The first-order chi connectivity index (χ1) is 7.83. The zero-order chi connectivity index (χ0) is 11.0. The van der Waals surface area contributed by atoms with Gasteiger partial charge >= 0.3 is 0 Å². The number of imidazole rings is 1. The molecule has 0 spiro atoms. The van der Waals surface area contributed by atoms with Gasteiger partial charge in [0.1, 0.15) is 0 Å². The molecule has 0 unspecified atom stereocenters. The third kappa shape index (κ3) is 2.07. The predicted octanol–water partition coefficient (Wildman–Crippen LogP) is 2.75. The van der Waals surface area contributed by atoms with Gasteiger partial charge in [-0.2, -0.15) is 4.98 Å². The van der Waals surface area contributed by atoms with Crippen molar-refractivity contribution in [3.63, 3.8) is 0 Å². The van der Waals surface area contributed by atoms with Crippen LogP contribution in [0.15, 0.2) is 42.7 Å². The van der Waals surface area contributed by atoms with E-state index in [1.165, 1.54) is 0 Å². The van der Waals surface area contributed by atoms with Gasteiger partial charge in [0, 0.05) is 12.4 Å². The Labute approximate surface area is 104 Å². The standard InChI is InChI=1S/C12H9N3O.ClH/c16-12-14-10-2-1-9(7-11(10)15-12)8-3-5-13-6-4-8;/h1-7H,(H2,14,15,16);1H. The van der Waals surface area contributed by atoms with Crippen LogP contribution in [0.4, 0.5) is 0 Å². The molecule has 1 aromatic carbocycles. The Kier molecular flexibility index (Phi) is 2.97. The van der Waals surface area contributed by atoms with Gasteiger partial charge in [-0.15, -0.1) is 12.4 Å². The van der Waals surface area contributed by atoms with E-state index in [0.717, 1.165) is 22.2 Å². The van der Waals surface area contributed by atoms with Crippen molar-refractivity contribution in [3.05, 3.63) is 42.7 Å². The van der Waals surface area contributed by atoms with Crippen LogP contribution in [0, 0.1) is 0 Å². The molecule has 2 aromatic heterocycles. The Morgan fingerprint density at radius 1 is 1.00 bits per heavy atom. The van der Waals surface area contributed by atoms with Crippen LogP contribution in [0.5, 0.6) is 6.01 Å². The first kappa shape index (κ1) is 11.4. The number of benzene rings is 1. The minimum atomic E-state index is -0.0538. The van der Waals surface area contributed by atoms with E-state index in [-0.39, 0.29) is 18.4 Å². The van der Waals surface area contributed by atoms with Crippen LogP contribution in [0.25, 0.3) is 22.2 Å². The molecule has 0 amide bonds. The molecule has 17 heavy (non-hydrogen) atoms. The summed E-state index contributed by atoms with van der Waals surface area (Å²) in [5, 5.41) is 9.24. The number of aromatic hydroxyl groups is 1. The molecule has 2 N–H and O–H groups in total. The van der Waals surface area contributed by atoms with Crippen LogP contribution in [0.3, 0.4) is 0 Å². The first-order valence-corrected chi connectivity index (χ1v) is 4.92. The summed E-state index contributed by atoms with van der Waals surface area (Å²) in [4.78, 5) is 10.7. The van der Waals surface area contributed by atoms with E-state index >= 15 is 0 Å². The monoisotopic (exact) mass is 247 g/mol. The number of rotatable bonds is 1. The van der Waals surface area contributed by atoms with Crippen molar-refractivity contribution in [1.82, 2.24) is 15.0 Å². The molecule has 5 heteroatoms. The predicted molar refractivity (Wildman–Crippen MR) is 68.2 cm³/mol. The number of pyridine rings is 1. The molecule has 2 heterocycles. The Bertz CT molecular complexity index is 637. The highest BCUT2D eigenvalue weighted by Crippen LogP contribution is 2.23. The number of nitrogens with one attached hydrogen (secondary N) is 1. The van der Waals surface area contributed by atoms with Crippen LogP contribution >= 0.6 is 12.4 Å². The van der Waals surface area contributed by atoms with Crippen LogP contribution in [-0.4, -0.2) is 20.1 Å². The third-order valence-electron chi connectivity index (χ3n) is 2.48. The molecule has 86 valence electrons. The number of halogens is 1. The number of aromatic amines is 1. The van der Waals surface area contributed by atoms with Gasteiger partial charge in [-0.25, -0.2) is 0 Å². The van der Waals surface area contributed by atoms with Crippen molar-refractivity contribution in [3.8, 4) is 17.1 Å². The summed E-state index contributed by atoms with van der Waals surface area (Å²) < 4.78 is 0. The summed E-state index contributed by atoms with van der Waals surface area (Å²) in [7, 11) is 0. The molecule has 3 rings (SSSR count). The highest BCUT2D eigenvalue weighted by molar-refractivity contribution is 5.85. The normalized spacial score (nSPS) is 10.1. The summed E-state index contributed by atoms with van der Waals surface area (Å²) in [5.41, 5.74) is 3.72. The third-order valence-corrected chi connectivity index (χ3v) is 2.48. The smallest absolute Gasteiger partial charge is 0.292 e. The van der Waals surface area contributed by atoms with E-state index in [9.17, 15) is 5.11 Å². The van der Waals surface area contributed by atoms with Crippen molar-refractivity contribution in [1.29, 1.82) is 0 Å². The molecule has 0 saturated carbocycles. The second-order valence-electron chi connectivity index (χ2n) is 3.53. The molecule has 0 aliphatic heterocycles. The highest BCUT2D eigenvalue weighted by atomic mass is 35.5. The van der Waals surface area contributed by atoms with Gasteiger partial charge < -0.3 is 10.1 Å². The minimum absolute atomic E-state index is 0. The van der Waals surface area contributed by atoms with Crippen molar-refractivity contribution < 1.29 is 5.11 Å². The summed E-state index contributed by atoms with van der Waals surface area (Å²) in [6.45, 7) is 0. The van der Waals surface area contributed by atoms with Gasteiger partial charge in [0.05, 0.1) is 11.0 Å². The van der Waals surface area contributed by atoms with Crippen molar-refractivity contribution in [2.45, 2.75) is 0 Å². The second kappa shape index (κ2) is 4.43. The Morgan fingerprint density at radius 2 is 1.76 bits per heavy atom. The molecule has 0 fully saturated rings. The SMILES string of the molecule is Cl.Oc1nc2cc(-c3ccncc3)ccc2[nH]1. The van der Waals surface area contributed by atoms with Crippen molar-refractivity contribution in [2.75, 3.05) is 0 Å². The lowest BCUT2D eigenvalue weighted by atomic mass is 10.1. The van der Waals surface area contributed by atoms with Gasteiger partial charge in [0.15, 0.2) is 0 Å². The average molecular weight is 248 g/mol. The molecule has 0 aliphatic rings. The number of H-pyrrole nitrogens is 1. The number of nitrogens with zero attached hydrogens (tertiary/aromatic N) is 2. The van der Waals surface area contributed by atoms with E-state index in [1.54, 1.807) is 12.4 Å². The molecular weight excluding hydrogens is 238 g/mol. The summed E-state index contributed by atoms with van der Waals surface area (Å²) in [6, 6.07) is 9.64. The van der Waals surface area contributed by atoms with Crippen LogP contribution in [0.2, 0.25) is 0 Å². The Morgan fingerprint density at radius 3 is 2.53 bits per heavy atom. The first-order valence-electron chi connectivity index (χ1n) is 4.92. The molecule has 0 aliphatic carbocycles. The van der Waals surface area contributed by atoms with Gasteiger partial charge in [-0.05, 0) is 35.4 Å². The molecule has 4 nitrogen and oxygen atoms in total. The van der Waals surface area contributed by atoms with E-state index in [0.29, 0.717) is 0 Å². The number of hydrogen-bond donors (Lipinski definition) is 2. The minimum Gasteiger partial charge on any atom is -0.480 e. The average Bonchev–Trinajstić information content (AvgIpc) is 2.69. The van der Waals surface area contributed by atoms with Crippen LogP contribution < -0.4 is 0 Å². The molecule has 0 bridgehead atoms. The van der Waals surface area contributed by atoms with E-state index in [2.05, 4.69) is 15.0 Å². The summed E-state index contributed by atoms with van der Waals surface area (Å²) >= 11 is 0. The fraction of sp³-hybridized carbons (Fsp3) is 0. The quantitative estimate of drug-likeness (QED) is 0.695. The lowest BCUT2D eigenvalue weighted by Crippen LogP contribution is -1.78. The zero-order valence-electron chi connectivity index (χ0n) is 8.79. The molecule has 3 aromatic rings. The van der Waals surface area contributed by atoms with E-state index < -0.39 is 0 Å². The number of fused-ring (bicyclic) bond motifs is 1. The molecule has 0 saturated heterocycles. The van der Waals surface area contributed by atoms with Crippen molar-refractivity contribution >= 4 is 23.4 Å². The number of hydrogen-bond acceptors (Lipinski definition) is 3. The summed E-state index contributed by atoms with van der Waals surface area (Å²) in [6.07, 6.45) is 3.50. The van der Waals surface area contributed by atoms with Gasteiger partial charge in [-0.1, -0.05) is 6.07 Å². The van der Waals surface area contributed by atoms with Crippen molar-refractivity contribution in [2.24, 2.45) is 0 Å². The zero-order valence-corrected chi connectivity index (χ0v) is 9.61. The van der Waals surface area contributed by atoms with E-state index in [1.807, 2.05) is 30.3 Å². The molecule has 0 atom stereocenters. The topological polar surface area (TPSA) is 61.8 Å². The van der Waals surface area contributed by atoms with Gasteiger partial charge in [0.25, 0.3) is 6.01 Å². The maximum absolute atomic E-state index is 9.24. The lowest BCUT2D eigenvalue weighted by Gasteiger charge is -1.99. The maximum atomic E-state index is 9.24. The van der Waals surface area contributed by atoms with Gasteiger partial charge in [-0.3, -0.25) is 4.98 Å². The highest BCUT2D eigenvalue weighted by Gasteiger charge is 2.03. The van der Waals surface area contributed by atoms with Crippen LogP contribution in [-0.2, 0) is 0 Å². The van der Waals surface area contributed by atoms with Gasteiger partial charge in [0.2, 0.25) is 0 Å². The fourth-order valence-electron chi connectivity index (χ4n) is 1.72. The Balaban J connectivity index is 0.00000108. The van der Waals surface area contributed by atoms with Crippen LogP contribution in [0.1, 0.15) is 0 Å². The fourth-order valence-corrected chi connectivity index (χ4v) is 1.72. The van der Waals surface area contributed by atoms with E-state index in [4.69, 9.17) is 0 Å².